The van der Waals surface area contributed by atoms with Gasteiger partial charge in [-0.05, 0) is 37.0 Å². The Kier molecular flexibility index (Phi) is 4.04. The van der Waals surface area contributed by atoms with E-state index in [1.807, 2.05) is 12.1 Å². The molecule has 0 aliphatic heterocycles. The SMILES string of the molecule is CCCc1c(CNC2CC2)sc2c(Cl)ccc(Cl)c12. The predicted octanol–water partition coefficient (Wildman–Crippen LogP) is 5.41. The van der Waals surface area contributed by atoms with Crippen LogP contribution in [0.5, 0.6) is 0 Å². The van der Waals surface area contributed by atoms with E-state index in [-0.39, 0.29) is 0 Å². The van der Waals surface area contributed by atoms with Crippen molar-refractivity contribution in [2.24, 2.45) is 0 Å². The first-order valence-electron chi connectivity index (χ1n) is 6.82. The normalized spacial score (nSPS) is 15.3. The zero-order chi connectivity index (χ0) is 13.4. The number of rotatable bonds is 5. The average molecular weight is 314 g/mol. The van der Waals surface area contributed by atoms with Gasteiger partial charge in [0.05, 0.1) is 9.72 Å². The van der Waals surface area contributed by atoms with Crippen molar-refractivity contribution in [2.45, 2.75) is 45.2 Å². The maximum Gasteiger partial charge on any atom is 0.0585 e. The highest BCUT2D eigenvalue weighted by atomic mass is 35.5. The summed E-state index contributed by atoms with van der Waals surface area (Å²) in [6, 6.07) is 4.54. The molecule has 0 atom stereocenters. The Morgan fingerprint density at radius 3 is 2.68 bits per heavy atom. The van der Waals surface area contributed by atoms with Gasteiger partial charge in [-0.2, -0.15) is 0 Å². The van der Waals surface area contributed by atoms with E-state index in [1.54, 1.807) is 11.3 Å². The smallest absolute Gasteiger partial charge is 0.0585 e. The summed E-state index contributed by atoms with van der Waals surface area (Å²) in [6.45, 7) is 3.16. The molecule has 0 bridgehead atoms. The third-order valence-corrected chi connectivity index (χ3v) is 5.56. The van der Waals surface area contributed by atoms with Gasteiger partial charge >= 0.3 is 0 Å². The molecule has 1 aromatic carbocycles. The van der Waals surface area contributed by atoms with E-state index >= 15 is 0 Å². The highest BCUT2D eigenvalue weighted by molar-refractivity contribution is 7.20. The number of benzene rings is 1. The van der Waals surface area contributed by atoms with Crippen molar-refractivity contribution in [3.05, 3.63) is 32.6 Å². The second kappa shape index (κ2) is 5.61. The second-order valence-electron chi connectivity index (χ2n) is 5.14. The predicted molar refractivity (Wildman–Crippen MR) is 85.7 cm³/mol. The molecule has 0 amide bonds. The molecule has 2 aromatic rings. The standard InChI is InChI=1S/C15H17Cl2NS/c1-2-3-10-13(8-18-9-4-5-9)19-15-12(17)7-6-11(16)14(10)15/h6-7,9,18H,2-5,8H2,1H3. The lowest BCUT2D eigenvalue weighted by Gasteiger charge is -2.05. The average Bonchev–Trinajstić information content (AvgIpc) is 3.15. The highest BCUT2D eigenvalue weighted by Gasteiger charge is 2.22. The Hall–Kier alpha value is -0.280. The van der Waals surface area contributed by atoms with Gasteiger partial charge in [0.15, 0.2) is 0 Å². The molecule has 0 radical (unpaired) electrons. The fourth-order valence-corrected chi connectivity index (χ4v) is 4.25. The molecule has 4 heteroatoms. The van der Waals surface area contributed by atoms with Crippen LogP contribution in [0, 0.1) is 0 Å². The van der Waals surface area contributed by atoms with Crippen LogP contribution in [0.15, 0.2) is 12.1 Å². The quantitative estimate of drug-likeness (QED) is 0.778. The second-order valence-corrected chi connectivity index (χ2v) is 7.06. The molecule has 1 aliphatic carbocycles. The maximum absolute atomic E-state index is 6.39. The van der Waals surface area contributed by atoms with E-state index in [9.17, 15) is 0 Å². The van der Waals surface area contributed by atoms with Crippen LogP contribution in [-0.2, 0) is 13.0 Å². The van der Waals surface area contributed by atoms with Gasteiger partial charge < -0.3 is 5.32 Å². The van der Waals surface area contributed by atoms with Crippen LogP contribution < -0.4 is 5.32 Å². The molecule has 1 nitrogen and oxygen atoms in total. The summed E-state index contributed by atoms with van der Waals surface area (Å²) in [4.78, 5) is 1.40. The van der Waals surface area contributed by atoms with E-state index in [2.05, 4.69) is 12.2 Å². The van der Waals surface area contributed by atoms with Crippen LogP contribution in [0.1, 0.15) is 36.6 Å². The third-order valence-electron chi connectivity index (χ3n) is 3.55. The molecule has 1 saturated carbocycles. The van der Waals surface area contributed by atoms with Gasteiger partial charge in [-0.3, -0.25) is 0 Å². The Bertz CT molecular complexity index is 602. The maximum atomic E-state index is 6.39. The molecule has 1 fully saturated rings. The van der Waals surface area contributed by atoms with Crippen LogP contribution in [0.4, 0.5) is 0 Å². The van der Waals surface area contributed by atoms with Crippen LogP contribution in [0.2, 0.25) is 10.0 Å². The van der Waals surface area contributed by atoms with Gasteiger partial charge in [-0.15, -0.1) is 11.3 Å². The summed E-state index contributed by atoms with van der Waals surface area (Å²) in [6.07, 6.45) is 4.83. The zero-order valence-electron chi connectivity index (χ0n) is 10.9. The van der Waals surface area contributed by atoms with Gasteiger partial charge in [-0.25, -0.2) is 0 Å². The molecule has 102 valence electrons. The molecule has 1 heterocycles. The lowest BCUT2D eigenvalue weighted by molar-refractivity contribution is 0.690. The Morgan fingerprint density at radius 2 is 2.00 bits per heavy atom. The zero-order valence-corrected chi connectivity index (χ0v) is 13.3. The number of halogens is 2. The van der Waals surface area contributed by atoms with Gasteiger partial charge in [-0.1, -0.05) is 36.5 Å². The van der Waals surface area contributed by atoms with Crippen molar-refractivity contribution in [3.8, 4) is 0 Å². The lowest BCUT2D eigenvalue weighted by atomic mass is 10.1. The van der Waals surface area contributed by atoms with E-state index in [0.29, 0.717) is 0 Å². The molecule has 1 N–H and O–H groups in total. The molecular formula is C15H17Cl2NS. The van der Waals surface area contributed by atoms with E-state index in [4.69, 9.17) is 23.2 Å². The molecule has 0 spiro atoms. The lowest BCUT2D eigenvalue weighted by Crippen LogP contribution is -2.15. The molecule has 0 saturated heterocycles. The van der Waals surface area contributed by atoms with Crippen molar-refractivity contribution < 1.29 is 0 Å². The van der Waals surface area contributed by atoms with Gasteiger partial charge in [0.25, 0.3) is 0 Å². The van der Waals surface area contributed by atoms with Crippen molar-refractivity contribution in [1.29, 1.82) is 0 Å². The summed E-state index contributed by atoms with van der Waals surface area (Å²) in [7, 11) is 0. The number of hydrogen-bond donors (Lipinski definition) is 1. The Labute approximate surface area is 127 Å². The topological polar surface area (TPSA) is 12.0 Å². The first-order valence-corrected chi connectivity index (χ1v) is 8.39. The Morgan fingerprint density at radius 1 is 1.26 bits per heavy atom. The minimum atomic E-state index is 0.727. The number of thiophene rings is 1. The molecule has 1 aliphatic rings. The highest BCUT2D eigenvalue weighted by Crippen LogP contribution is 2.41. The summed E-state index contributed by atoms with van der Waals surface area (Å²) in [5.41, 5.74) is 1.39. The van der Waals surface area contributed by atoms with E-state index in [1.165, 1.54) is 28.7 Å². The van der Waals surface area contributed by atoms with Gasteiger partial charge in [0, 0.05) is 27.9 Å². The first kappa shape index (κ1) is 13.7. The van der Waals surface area contributed by atoms with Crippen molar-refractivity contribution in [2.75, 3.05) is 0 Å². The van der Waals surface area contributed by atoms with Crippen LogP contribution in [-0.4, -0.2) is 6.04 Å². The number of nitrogens with one attached hydrogen (secondary N) is 1. The molecule has 19 heavy (non-hydrogen) atoms. The fraction of sp³-hybridized carbons (Fsp3) is 0.467. The van der Waals surface area contributed by atoms with E-state index < -0.39 is 0 Å². The number of fused-ring (bicyclic) bond motifs is 1. The van der Waals surface area contributed by atoms with Gasteiger partial charge in [0.1, 0.15) is 0 Å². The summed E-state index contributed by atoms with van der Waals surface area (Å²) >= 11 is 14.5. The number of aryl methyl sites for hydroxylation is 1. The molecule has 0 unspecified atom stereocenters. The molecule has 3 rings (SSSR count). The Balaban J connectivity index is 2.05. The van der Waals surface area contributed by atoms with Crippen molar-refractivity contribution in [3.63, 3.8) is 0 Å². The van der Waals surface area contributed by atoms with Crippen molar-refractivity contribution in [1.82, 2.24) is 5.32 Å². The molecule has 1 aromatic heterocycles. The minimum Gasteiger partial charge on any atom is -0.309 e. The summed E-state index contributed by atoms with van der Waals surface area (Å²) in [5.74, 6) is 0. The minimum absolute atomic E-state index is 0.727. The number of hydrogen-bond acceptors (Lipinski definition) is 2. The first-order chi connectivity index (χ1) is 9.20. The summed E-state index contributed by atoms with van der Waals surface area (Å²) in [5, 5.41) is 6.42. The monoisotopic (exact) mass is 313 g/mol. The third kappa shape index (κ3) is 2.78. The van der Waals surface area contributed by atoms with Crippen molar-refractivity contribution >= 4 is 44.6 Å². The van der Waals surface area contributed by atoms with Crippen LogP contribution >= 0.6 is 34.5 Å². The van der Waals surface area contributed by atoms with Crippen LogP contribution in [0.3, 0.4) is 0 Å². The summed E-state index contributed by atoms with van der Waals surface area (Å²) < 4.78 is 1.14. The molecular weight excluding hydrogens is 297 g/mol. The van der Waals surface area contributed by atoms with Gasteiger partial charge in [0.2, 0.25) is 0 Å². The van der Waals surface area contributed by atoms with E-state index in [0.717, 1.165) is 40.2 Å². The van der Waals surface area contributed by atoms with Crippen LogP contribution in [0.25, 0.3) is 10.1 Å². The fourth-order valence-electron chi connectivity index (χ4n) is 2.42. The largest absolute Gasteiger partial charge is 0.309 e.